The quantitative estimate of drug-likeness (QED) is 0.0616. The molecule has 0 fully saturated rings. The number of hydrogen-bond acceptors (Lipinski definition) is 6. The second kappa shape index (κ2) is 28.3. The molecular formula is C28H58NO5P. The third-order valence-corrected chi connectivity index (χ3v) is 7.16. The third kappa shape index (κ3) is 26.6. The van der Waals surface area contributed by atoms with Crippen LogP contribution in [-0.2, 0) is 18.6 Å². The first-order valence-electron chi connectivity index (χ1n) is 14.7. The van der Waals surface area contributed by atoms with Gasteiger partial charge < -0.3 is 24.0 Å². The van der Waals surface area contributed by atoms with Crippen LogP contribution in [0.15, 0.2) is 0 Å². The Labute approximate surface area is 218 Å². The molecule has 0 rings (SSSR count). The molecule has 2 atom stereocenters. The van der Waals surface area contributed by atoms with Gasteiger partial charge in [-0.3, -0.25) is 4.79 Å². The largest absolute Gasteiger partial charge is 0.460 e. The fourth-order valence-corrected chi connectivity index (χ4v) is 4.74. The summed E-state index contributed by atoms with van der Waals surface area (Å²) in [5, 5.41) is 2.95. The molecule has 0 aromatic rings. The minimum atomic E-state index is -1.93. The van der Waals surface area contributed by atoms with Gasteiger partial charge in [0, 0.05) is 13.0 Å². The Bertz CT molecular complexity index is 442. The van der Waals surface area contributed by atoms with E-state index in [1.54, 1.807) is 6.92 Å². The molecule has 2 N–H and O–H groups in total. The monoisotopic (exact) mass is 519 g/mol. The Morgan fingerprint density at radius 1 is 0.743 bits per heavy atom. The summed E-state index contributed by atoms with van der Waals surface area (Å²) < 4.78 is 16.1. The Morgan fingerprint density at radius 2 is 1.20 bits per heavy atom. The van der Waals surface area contributed by atoms with Crippen LogP contribution in [0.5, 0.6) is 0 Å². The van der Waals surface area contributed by atoms with Gasteiger partial charge in [-0.1, -0.05) is 123 Å². The molecule has 35 heavy (non-hydrogen) atoms. The first-order valence-corrected chi connectivity index (χ1v) is 15.9. The lowest BCUT2D eigenvalue weighted by atomic mass is 10.0. The average Bonchev–Trinajstić information content (AvgIpc) is 2.86. The third-order valence-electron chi connectivity index (χ3n) is 6.39. The summed E-state index contributed by atoms with van der Waals surface area (Å²) in [5.41, 5.74) is 0. The highest BCUT2D eigenvalue weighted by Gasteiger charge is 2.17. The summed E-state index contributed by atoms with van der Waals surface area (Å²) >= 11 is 0. The van der Waals surface area contributed by atoms with Crippen LogP contribution in [0.1, 0.15) is 142 Å². The number of hydrogen-bond donors (Lipinski definition) is 2. The molecule has 210 valence electrons. The SMILES string of the molecule is CCCCCCCCCCCCCCCCCCCCC(COP(O)OCCNC)OC(=O)CC. The van der Waals surface area contributed by atoms with Gasteiger partial charge in [-0.2, -0.15) is 0 Å². The molecule has 0 aromatic heterocycles. The van der Waals surface area contributed by atoms with Crippen molar-refractivity contribution < 1.29 is 23.5 Å². The lowest BCUT2D eigenvalue weighted by Gasteiger charge is -2.19. The molecule has 0 radical (unpaired) electrons. The van der Waals surface area contributed by atoms with E-state index < -0.39 is 8.60 Å². The van der Waals surface area contributed by atoms with Gasteiger partial charge in [-0.15, -0.1) is 0 Å². The van der Waals surface area contributed by atoms with Crippen molar-refractivity contribution in [2.75, 3.05) is 26.8 Å². The summed E-state index contributed by atoms with van der Waals surface area (Å²) in [5.74, 6) is -0.223. The number of carbonyl (C=O) groups excluding carboxylic acids is 1. The number of rotatable bonds is 28. The Morgan fingerprint density at radius 3 is 1.63 bits per heavy atom. The van der Waals surface area contributed by atoms with Crippen LogP contribution in [0.25, 0.3) is 0 Å². The molecule has 0 spiro atoms. The van der Waals surface area contributed by atoms with E-state index in [4.69, 9.17) is 13.8 Å². The van der Waals surface area contributed by atoms with Gasteiger partial charge in [0.2, 0.25) is 0 Å². The number of likely N-dealkylation sites (N-methyl/N-ethyl adjacent to an activating group) is 1. The smallest absolute Gasteiger partial charge is 0.330 e. The maximum atomic E-state index is 11.7. The highest BCUT2D eigenvalue weighted by atomic mass is 31.2. The molecule has 0 aliphatic carbocycles. The van der Waals surface area contributed by atoms with Crippen molar-refractivity contribution in [3.8, 4) is 0 Å². The average molecular weight is 520 g/mol. The van der Waals surface area contributed by atoms with Crippen molar-refractivity contribution in [2.45, 2.75) is 148 Å². The molecule has 2 unspecified atom stereocenters. The van der Waals surface area contributed by atoms with E-state index in [2.05, 4.69) is 12.2 Å². The number of ether oxygens (including phenoxy) is 1. The van der Waals surface area contributed by atoms with E-state index in [1.165, 1.54) is 103 Å². The highest BCUT2D eigenvalue weighted by molar-refractivity contribution is 7.40. The number of nitrogens with one attached hydrogen (secondary N) is 1. The van der Waals surface area contributed by atoms with Crippen LogP contribution in [-0.4, -0.2) is 43.8 Å². The van der Waals surface area contributed by atoms with Crippen LogP contribution in [0.3, 0.4) is 0 Å². The van der Waals surface area contributed by atoms with Crippen molar-refractivity contribution in [3.63, 3.8) is 0 Å². The zero-order valence-electron chi connectivity index (χ0n) is 23.4. The highest BCUT2D eigenvalue weighted by Crippen LogP contribution is 2.33. The summed E-state index contributed by atoms with van der Waals surface area (Å²) in [6.45, 7) is 5.29. The van der Waals surface area contributed by atoms with Gasteiger partial charge in [-0.25, -0.2) is 0 Å². The molecule has 0 heterocycles. The molecule has 0 amide bonds. The fourth-order valence-electron chi connectivity index (χ4n) is 4.13. The van der Waals surface area contributed by atoms with E-state index in [9.17, 15) is 9.69 Å². The minimum Gasteiger partial charge on any atom is -0.460 e. The first kappa shape index (κ1) is 34.7. The van der Waals surface area contributed by atoms with E-state index in [-0.39, 0.29) is 18.7 Å². The van der Waals surface area contributed by atoms with Crippen LogP contribution in [0.4, 0.5) is 0 Å². The maximum absolute atomic E-state index is 11.7. The molecule has 6 nitrogen and oxygen atoms in total. The van der Waals surface area contributed by atoms with Gasteiger partial charge in [0.1, 0.15) is 6.10 Å². The molecular weight excluding hydrogens is 461 g/mol. The maximum Gasteiger partial charge on any atom is 0.330 e. The van der Waals surface area contributed by atoms with E-state index in [1.807, 2.05) is 7.05 Å². The lowest BCUT2D eigenvalue weighted by molar-refractivity contribution is -0.150. The molecule has 0 aliphatic rings. The van der Waals surface area contributed by atoms with Gasteiger partial charge in [-0.05, 0) is 19.9 Å². The van der Waals surface area contributed by atoms with E-state index >= 15 is 0 Å². The standard InChI is InChI=1S/C28H58NO5P/c1-4-6-7-8-9-10-11-12-13-14-15-16-17-18-19-20-21-22-23-27(34-28(30)5-2)26-33-35(31)32-25-24-29-3/h27,29,31H,4-26H2,1-3H3. The zero-order chi connectivity index (χ0) is 25.8. The van der Waals surface area contributed by atoms with Crippen LogP contribution >= 0.6 is 8.60 Å². The van der Waals surface area contributed by atoms with Crippen LogP contribution in [0.2, 0.25) is 0 Å². The van der Waals surface area contributed by atoms with Crippen molar-refractivity contribution in [1.29, 1.82) is 0 Å². The van der Waals surface area contributed by atoms with Crippen molar-refractivity contribution in [3.05, 3.63) is 0 Å². The molecule has 0 aliphatic heterocycles. The van der Waals surface area contributed by atoms with Gasteiger partial charge in [0.15, 0.2) is 0 Å². The second-order valence-corrected chi connectivity index (χ2v) is 10.7. The zero-order valence-corrected chi connectivity index (χ0v) is 24.3. The van der Waals surface area contributed by atoms with Crippen molar-refractivity contribution in [2.24, 2.45) is 0 Å². The Kier molecular flexibility index (Phi) is 28.1. The molecule has 0 bridgehead atoms. The van der Waals surface area contributed by atoms with E-state index in [0.29, 0.717) is 19.6 Å². The van der Waals surface area contributed by atoms with Gasteiger partial charge in [0.25, 0.3) is 0 Å². The summed E-state index contributed by atoms with van der Waals surface area (Å²) in [6, 6.07) is 0. The molecule has 0 aromatic carbocycles. The number of unbranched alkanes of at least 4 members (excludes halogenated alkanes) is 17. The van der Waals surface area contributed by atoms with Crippen molar-refractivity contribution >= 4 is 14.6 Å². The van der Waals surface area contributed by atoms with Crippen LogP contribution in [0, 0.1) is 0 Å². The number of esters is 1. The van der Waals surface area contributed by atoms with E-state index in [0.717, 1.165) is 19.3 Å². The lowest BCUT2D eigenvalue weighted by Crippen LogP contribution is -2.23. The summed E-state index contributed by atoms with van der Waals surface area (Å²) in [7, 11) is -0.103. The normalized spacial score (nSPS) is 13.1. The fraction of sp³-hybridized carbons (Fsp3) is 0.964. The topological polar surface area (TPSA) is 77.0 Å². The van der Waals surface area contributed by atoms with Crippen LogP contribution < -0.4 is 5.32 Å². The van der Waals surface area contributed by atoms with Crippen molar-refractivity contribution in [1.82, 2.24) is 5.32 Å². The summed E-state index contributed by atoms with van der Waals surface area (Å²) in [6.07, 6.45) is 25.1. The number of carbonyl (C=O) groups is 1. The second-order valence-electron chi connectivity index (χ2n) is 9.73. The van der Waals surface area contributed by atoms with Gasteiger partial charge >= 0.3 is 14.6 Å². The predicted octanol–water partition coefficient (Wildman–Crippen LogP) is 8.21. The predicted molar refractivity (Wildman–Crippen MR) is 149 cm³/mol. The Balaban J connectivity index is 3.58. The Hall–Kier alpha value is -0.260. The van der Waals surface area contributed by atoms with Gasteiger partial charge in [0.05, 0.1) is 13.2 Å². The molecule has 0 saturated heterocycles. The molecule has 0 saturated carbocycles. The summed E-state index contributed by atoms with van der Waals surface area (Å²) in [4.78, 5) is 21.5. The first-order chi connectivity index (χ1) is 17.1. The minimum absolute atomic E-state index is 0.187. The molecule has 7 heteroatoms.